The van der Waals surface area contributed by atoms with Crippen LogP contribution in [0.2, 0.25) is 0 Å². The van der Waals surface area contributed by atoms with E-state index in [9.17, 15) is 4.79 Å². The zero-order chi connectivity index (χ0) is 12.8. The van der Waals surface area contributed by atoms with Crippen molar-refractivity contribution in [2.24, 2.45) is 5.92 Å². The molecule has 1 aromatic rings. The number of carbonyl (C=O) groups excluding carboxylic acids is 1. The fourth-order valence-corrected chi connectivity index (χ4v) is 1.40. The van der Waals surface area contributed by atoms with E-state index in [0.29, 0.717) is 11.1 Å². The molecule has 0 heterocycles. The molecule has 1 atom stereocenters. The molecule has 90 valence electrons. The lowest BCUT2D eigenvalue weighted by molar-refractivity contribution is 0.0897. The van der Waals surface area contributed by atoms with Crippen molar-refractivity contribution in [1.82, 2.24) is 5.32 Å². The van der Waals surface area contributed by atoms with Gasteiger partial charge in [0.1, 0.15) is 0 Å². The third-order valence-electron chi connectivity index (χ3n) is 2.57. The molecule has 0 aromatic heterocycles. The molecule has 4 heteroatoms. The van der Waals surface area contributed by atoms with Gasteiger partial charge >= 0.3 is 0 Å². The first kappa shape index (κ1) is 13.2. The Morgan fingerprint density at radius 2 is 2.24 bits per heavy atom. The van der Waals surface area contributed by atoms with Gasteiger partial charge in [-0.15, -0.1) is 0 Å². The third-order valence-corrected chi connectivity index (χ3v) is 2.57. The highest BCUT2D eigenvalue weighted by Gasteiger charge is 2.16. The van der Waals surface area contributed by atoms with Crippen LogP contribution < -0.4 is 5.32 Å². The lowest BCUT2D eigenvalue weighted by Crippen LogP contribution is -2.41. The molecule has 4 nitrogen and oxygen atoms in total. The number of aliphatic hydroxyl groups excluding tert-OH is 1. The van der Waals surface area contributed by atoms with Crippen molar-refractivity contribution in [2.75, 3.05) is 6.61 Å². The molecular weight excluding hydrogens is 216 g/mol. The van der Waals surface area contributed by atoms with Crippen LogP contribution >= 0.6 is 0 Å². The summed E-state index contributed by atoms with van der Waals surface area (Å²) in [6.07, 6.45) is 0. The van der Waals surface area contributed by atoms with Crippen molar-refractivity contribution in [2.45, 2.75) is 19.9 Å². The Hall–Kier alpha value is -1.86. The number of hydrogen-bond acceptors (Lipinski definition) is 3. The summed E-state index contributed by atoms with van der Waals surface area (Å²) in [6.45, 7) is 3.75. The van der Waals surface area contributed by atoms with Crippen LogP contribution in [-0.4, -0.2) is 23.7 Å². The predicted octanol–water partition coefficient (Wildman–Crippen LogP) is 1.30. The Labute approximate surface area is 101 Å². The maximum Gasteiger partial charge on any atom is 0.251 e. The van der Waals surface area contributed by atoms with Crippen LogP contribution in [0.5, 0.6) is 0 Å². The monoisotopic (exact) mass is 232 g/mol. The minimum atomic E-state index is -0.270. The van der Waals surface area contributed by atoms with Gasteiger partial charge in [-0.25, -0.2) is 0 Å². The van der Waals surface area contributed by atoms with E-state index >= 15 is 0 Å². The first-order valence-electron chi connectivity index (χ1n) is 5.50. The highest BCUT2D eigenvalue weighted by atomic mass is 16.3. The van der Waals surface area contributed by atoms with Crippen LogP contribution in [0.15, 0.2) is 24.3 Å². The number of amides is 1. The number of carbonyl (C=O) groups is 1. The van der Waals surface area contributed by atoms with Gasteiger partial charge in [-0.1, -0.05) is 19.9 Å². The van der Waals surface area contributed by atoms with Crippen molar-refractivity contribution in [3.8, 4) is 6.07 Å². The van der Waals surface area contributed by atoms with E-state index in [0.717, 1.165) is 0 Å². The molecule has 0 aliphatic rings. The van der Waals surface area contributed by atoms with Crippen molar-refractivity contribution in [3.05, 3.63) is 35.4 Å². The molecule has 0 fully saturated rings. The lowest BCUT2D eigenvalue weighted by atomic mass is 10.0. The quantitative estimate of drug-likeness (QED) is 0.822. The van der Waals surface area contributed by atoms with E-state index in [4.69, 9.17) is 10.4 Å². The molecule has 1 amide bonds. The maximum atomic E-state index is 11.9. The van der Waals surface area contributed by atoms with Crippen molar-refractivity contribution in [3.63, 3.8) is 0 Å². The predicted molar refractivity (Wildman–Crippen MR) is 64.3 cm³/mol. The minimum absolute atomic E-state index is 0.0959. The molecule has 2 N–H and O–H groups in total. The van der Waals surface area contributed by atoms with Crippen LogP contribution in [0.4, 0.5) is 0 Å². The zero-order valence-corrected chi connectivity index (χ0v) is 9.97. The van der Waals surface area contributed by atoms with Gasteiger partial charge in [0.15, 0.2) is 0 Å². The topological polar surface area (TPSA) is 73.1 Å². The highest BCUT2D eigenvalue weighted by molar-refractivity contribution is 5.94. The molecule has 1 unspecified atom stereocenters. The number of rotatable bonds is 4. The highest BCUT2D eigenvalue weighted by Crippen LogP contribution is 2.06. The Morgan fingerprint density at radius 3 is 2.76 bits per heavy atom. The third kappa shape index (κ3) is 3.58. The smallest absolute Gasteiger partial charge is 0.251 e. The number of hydrogen-bond donors (Lipinski definition) is 2. The van der Waals surface area contributed by atoms with Gasteiger partial charge in [0.25, 0.3) is 5.91 Å². The number of nitrogens with zero attached hydrogens (tertiary/aromatic N) is 1. The summed E-state index contributed by atoms with van der Waals surface area (Å²) >= 11 is 0. The van der Waals surface area contributed by atoms with Gasteiger partial charge in [-0.2, -0.15) is 5.26 Å². The first-order chi connectivity index (χ1) is 8.08. The van der Waals surface area contributed by atoms with Crippen molar-refractivity contribution >= 4 is 5.91 Å². The van der Waals surface area contributed by atoms with E-state index in [1.807, 2.05) is 19.9 Å². The summed E-state index contributed by atoms with van der Waals surface area (Å²) < 4.78 is 0. The lowest BCUT2D eigenvalue weighted by Gasteiger charge is -2.19. The van der Waals surface area contributed by atoms with Gasteiger partial charge in [0, 0.05) is 5.56 Å². The number of benzene rings is 1. The van der Waals surface area contributed by atoms with Gasteiger partial charge in [-0.05, 0) is 24.1 Å². The molecule has 0 aliphatic carbocycles. The minimum Gasteiger partial charge on any atom is -0.394 e. The average Bonchev–Trinajstić information content (AvgIpc) is 2.35. The molecule has 1 rings (SSSR count). The molecule has 0 saturated heterocycles. The normalized spacial score (nSPS) is 11.9. The zero-order valence-electron chi connectivity index (χ0n) is 9.97. The van der Waals surface area contributed by atoms with E-state index in [1.165, 1.54) is 6.07 Å². The second kappa shape index (κ2) is 6.02. The number of nitriles is 1. The Bertz CT molecular complexity index is 435. The summed E-state index contributed by atoms with van der Waals surface area (Å²) in [7, 11) is 0. The fourth-order valence-electron chi connectivity index (χ4n) is 1.40. The largest absolute Gasteiger partial charge is 0.394 e. The first-order valence-corrected chi connectivity index (χ1v) is 5.50. The van der Waals surface area contributed by atoms with E-state index in [1.54, 1.807) is 18.2 Å². The molecule has 1 aromatic carbocycles. The number of nitrogens with one attached hydrogen (secondary N) is 1. The van der Waals surface area contributed by atoms with Crippen molar-refractivity contribution < 1.29 is 9.90 Å². The summed E-state index contributed by atoms with van der Waals surface area (Å²) in [4.78, 5) is 11.9. The average molecular weight is 232 g/mol. The van der Waals surface area contributed by atoms with Crippen LogP contribution in [0.3, 0.4) is 0 Å². The van der Waals surface area contributed by atoms with Gasteiger partial charge < -0.3 is 10.4 Å². The fraction of sp³-hybridized carbons (Fsp3) is 0.385. The Kier molecular flexibility index (Phi) is 4.68. The van der Waals surface area contributed by atoms with E-state index < -0.39 is 0 Å². The van der Waals surface area contributed by atoms with Crippen LogP contribution in [-0.2, 0) is 0 Å². The van der Waals surface area contributed by atoms with E-state index in [-0.39, 0.29) is 24.5 Å². The van der Waals surface area contributed by atoms with Crippen LogP contribution in [0.1, 0.15) is 29.8 Å². The molecule has 0 saturated carbocycles. The van der Waals surface area contributed by atoms with Crippen LogP contribution in [0, 0.1) is 17.2 Å². The Morgan fingerprint density at radius 1 is 1.53 bits per heavy atom. The number of aliphatic hydroxyl groups is 1. The maximum absolute atomic E-state index is 11.9. The second-order valence-electron chi connectivity index (χ2n) is 4.20. The summed E-state index contributed by atoms with van der Waals surface area (Å²) in [6, 6.07) is 8.19. The standard InChI is InChI=1S/C13H16N2O2/c1-9(2)12(8-16)15-13(17)11-5-3-4-10(6-11)7-14/h3-6,9,12,16H,8H2,1-2H3,(H,15,17). The SMILES string of the molecule is CC(C)C(CO)NC(=O)c1cccc(C#N)c1. The van der Waals surface area contributed by atoms with Crippen LogP contribution in [0.25, 0.3) is 0 Å². The summed E-state index contributed by atoms with van der Waals surface area (Å²) in [5, 5.41) is 20.6. The molecule has 0 radical (unpaired) electrons. The molecule has 0 spiro atoms. The Balaban J connectivity index is 2.79. The van der Waals surface area contributed by atoms with E-state index in [2.05, 4.69) is 5.32 Å². The molecule has 17 heavy (non-hydrogen) atoms. The molecule has 0 aliphatic heterocycles. The summed E-state index contributed by atoms with van der Waals surface area (Å²) in [5.74, 6) is -0.113. The van der Waals surface area contributed by atoms with Gasteiger partial charge in [0.2, 0.25) is 0 Å². The molecular formula is C13H16N2O2. The summed E-state index contributed by atoms with van der Waals surface area (Å²) in [5.41, 5.74) is 0.880. The van der Waals surface area contributed by atoms with Gasteiger partial charge in [0.05, 0.1) is 24.3 Å². The second-order valence-corrected chi connectivity index (χ2v) is 4.20. The molecule has 0 bridgehead atoms. The van der Waals surface area contributed by atoms with Gasteiger partial charge in [-0.3, -0.25) is 4.79 Å². The van der Waals surface area contributed by atoms with Crippen molar-refractivity contribution in [1.29, 1.82) is 5.26 Å².